The summed E-state index contributed by atoms with van der Waals surface area (Å²) in [7, 11) is 0. The molecule has 2 aromatic carbocycles. The zero-order valence-electron chi connectivity index (χ0n) is 18.8. The maximum atomic E-state index is 13.7. The lowest BCUT2D eigenvalue weighted by atomic mass is 9.86. The van der Waals surface area contributed by atoms with Crippen molar-refractivity contribution in [2.24, 2.45) is 0 Å². The van der Waals surface area contributed by atoms with Crippen LogP contribution in [0.1, 0.15) is 42.3 Å². The Kier molecular flexibility index (Phi) is 7.54. The summed E-state index contributed by atoms with van der Waals surface area (Å²) in [5, 5.41) is 10.3. The van der Waals surface area contributed by atoms with Crippen molar-refractivity contribution in [1.82, 2.24) is 4.90 Å². The largest absolute Gasteiger partial charge is 0.444 e. The van der Waals surface area contributed by atoms with Crippen LogP contribution in [0.4, 0.5) is 18.0 Å². The molecule has 0 bridgehead atoms. The van der Waals surface area contributed by atoms with Gasteiger partial charge < -0.3 is 14.7 Å². The summed E-state index contributed by atoms with van der Waals surface area (Å²) in [6.45, 7) is 5.13. The van der Waals surface area contributed by atoms with Gasteiger partial charge in [0.2, 0.25) is 0 Å². The molecule has 0 radical (unpaired) electrons. The Hall–Kier alpha value is -2.26. The Morgan fingerprint density at radius 3 is 1.97 bits per heavy atom. The molecule has 0 unspecified atom stereocenters. The summed E-state index contributed by atoms with van der Waals surface area (Å²) in [6.07, 6.45) is -4.99. The Morgan fingerprint density at radius 1 is 1.00 bits per heavy atom. The molecule has 5 nitrogen and oxygen atoms in total. The van der Waals surface area contributed by atoms with Crippen molar-refractivity contribution in [3.8, 4) is 0 Å². The van der Waals surface area contributed by atoms with Gasteiger partial charge in [0.15, 0.2) is 5.78 Å². The van der Waals surface area contributed by atoms with E-state index >= 15 is 0 Å². The molecule has 3 rings (SSSR count). The van der Waals surface area contributed by atoms with Crippen LogP contribution in [0.3, 0.4) is 0 Å². The number of hydrogen-bond acceptors (Lipinski definition) is 4. The van der Waals surface area contributed by atoms with Crippen LogP contribution in [0.2, 0.25) is 15.1 Å². The number of alkyl halides is 3. The van der Waals surface area contributed by atoms with Crippen molar-refractivity contribution in [3.05, 3.63) is 74.2 Å². The molecule has 1 fully saturated rings. The van der Waals surface area contributed by atoms with Crippen LogP contribution >= 0.6 is 34.8 Å². The number of β-amino-alcohol motifs (C(OH)–C–C–N with tert-alkyl or cyclic N) is 1. The van der Waals surface area contributed by atoms with Crippen LogP contribution in [0, 0.1) is 0 Å². The Balaban J connectivity index is 1.80. The fraction of sp³-hybridized carbons (Fsp3) is 0.333. The van der Waals surface area contributed by atoms with Gasteiger partial charge in [0.1, 0.15) is 11.2 Å². The van der Waals surface area contributed by atoms with E-state index in [2.05, 4.69) is 0 Å². The summed E-state index contributed by atoms with van der Waals surface area (Å²) in [5.41, 5.74) is -3.31. The van der Waals surface area contributed by atoms with E-state index in [9.17, 15) is 27.9 Å². The highest BCUT2D eigenvalue weighted by Crippen LogP contribution is 2.40. The van der Waals surface area contributed by atoms with E-state index in [1.54, 1.807) is 20.8 Å². The Bertz CT molecular complexity index is 1160. The lowest BCUT2D eigenvalue weighted by Gasteiger charge is -2.46. The molecule has 1 aliphatic rings. The minimum atomic E-state index is -4.87. The van der Waals surface area contributed by atoms with Gasteiger partial charge in [-0.1, -0.05) is 59.1 Å². The van der Waals surface area contributed by atoms with E-state index in [0.717, 1.165) is 12.1 Å². The number of aliphatic hydroxyl groups is 1. The summed E-state index contributed by atoms with van der Waals surface area (Å²) in [4.78, 5) is 26.0. The highest BCUT2D eigenvalue weighted by atomic mass is 35.5. The molecular weight excluding hydrogens is 530 g/mol. The minimum Gasteiger partial charge on any atom is -0.444 e. The number of halogens is 6. The fourth-order valence-corrected chi connectivity index (χ4v) is 4.02. The third-order valence-electron chi connectivity index (χ3n) is 5.14. The third-order valence-corrected chi connectivity index (χ3v) is 6.34. The predicted molar refractivity (Wildman–Crippen MR) is 128 cm³/mol. The van der Waals surface area contributed by atoms with Crippen LogP contribution in [0.15, 0.2) is 42.5 Å². The Morgan fingerprint density at radius 2 is 1.51 bits per heavy atom. The molecule has 0 aliphatic carbocycles. The lowest BCUT2D eigenvalue weighted by Crippen LogP contribution is -2.61. The molecule has 1 heterocycles. The first-order chi connectivity index (χ1) is 16.0. The van der Waals surface area contributed by atoms with Gasteiger partial charge in [-0.05, 0) is 50.1 Å². The van der Waals surface area contributed by atoms with E-state index in [4.69, 9.17) is 39.5 Å². The van der Waals surface area contributed by atoms with Gasteiger partial charge in [-0.3, -0.25) is 4.79 Å². The molecule has 2 aromatic rings. The van der Waals surface area contributed by atoms with Gasteiger partial charge in [-0.2, -0.15) is 13.2 Å². The van der Waals surface area contributed by atoms with E-state index in [0.29, 0.717) is 11.6 Å². The number of rotatable bonds is 4. The van der Waals surface area contributed by atoms with E-state index in [-0.39, 0.29) is 33.7 Å². The lowest BCUT2D eigenvalue weighted by molar-refractivity contribution is -0.103. The highest BCUT2D eigenvalue weighted by Gasteiger charge is 2.46. The maximum Gasteiger partial charge on any atom is 0.417 e. The van der Waals surface area contributed by atoms with Crippen molar-refractivity contribution in [2.45, 2.75) is 38.1 Å². The van der Waals surface area contributed by atoms with Gasteiger partial charge in [0.25, 0.3) is 0 Å². The quantitative estimate of drug-likeness (QED) is 0.255. The van der Waals surface area contributed by atoms with Crippen LogP contribution in [-0.2, 0) is 10.3 Å². The van der Waals surface area contributed by atoms with Crippen molar-refractivity contribution in [3.63, 3.8) is 0 Å². The first-order valence-electron chi connectivity index (χ1n) is 10.3. The SMILES string of the molecule is CC(C)(C)OC(=O)N1CC(O)(c2ccc(C(=O)C=C(c3cc(Cl)c(Cl)c(Cl)c3)C(F)(F)F)cc2)C1. The molecule has 1 N–H and O–H groups in total. The summed E-state index contributed by atoms with van der Waals surface area (Å²) in [6, 6.07) is 7.42. The molecule has 1 aliphatic heterocycles. The van der Waals surface area contributed by atoms with Gasteiger partial charge in [-0.25, -0.2) is 4.79 Å². The van der Waals surface area contributed by atoms with Gasteiger partial charge in [0.05, 0.1) is 33.7 Å². The summed E-state index contributed by atoms with van der Waals surface area (Å²) >= 11 is 17.5. The smallest absolute Gasteiger partial charge is 0.417 e. The number of nitrogens with zero attached hydrogens (tertiary/aromatic N) is 1. The van der Waals surface area contributed by atoms with E-state index in [1.165, 1.54) is 29.2 Å². The van der Waals surface area contributed by atoms with E-state index < -0.39 is 40.4 Å². The number of likely N-dealkylation sites (tertiary alicyclic amines) is 1. The molecule has 35 heavy (non-hydrogen) atoms. The van der Waals surface area contributed by atoms with Gasteiger partial charge >= 0.3 is 12.3 Å². The monoisotopic (exact) mass is 549 g/mol. The number of ketones is 1. The van der Waals surface area contributed by atoms with E-state index in [1.807, 2.05) is 0 Å². The third kappa shape index (κ3) is 6.30. The summed E-state index contributed by atoms with van der Waals surface area (Å²) < 4.78 is 46.4. The van der Waals surface area contributed by atoms with Crippen molar-refractivity contribution >= 4 is 52.3 Å². The van der Waals surface area contributed by atoms with Gasteiger partial charge in [-0.15, -0.1) is 0 Å². The van der Waals surface area contributed by atoms with Crippen molar-refractivity contribution < 1.29 is 32.6 Å². The van der Waals surface area contributed by atoms with Crippen LogP contribution in [-0.4, -0.2) is 46.7 Å². The second-order valence-electron chi connectivity index (χ2n) is 9.12. The molecule has 1 amide bonds. The molecule has 0 atom stereocenters. The molecule has 188 valence electrons. The zero-order valence-corrected chi connectivity index (χ0v) is 21.1. The maximum absolute atomic E-state index is 13.7. The first kappa shape index (κ1) is 27.3. The molecule has 1 saturated heterocycles. The predicted octanol–water partition coefficient (Wildman–Crippen LogP) is 6.91. The number of hydrogen-bond donors (Lipinski definition) is 1. The topological polar surface area (TPSA) is 66.8 Å². The number of ether oxygens (including phenoxy) is 1. The normalized spacial score (nSPS) is 16.1. The number of carbonyl (C=O) groups is 2. The molecule has 0 saturated carbocycles. The average Bonchev–Trinajstić information content (AvgIpc) is 2.71. The first-order valence-corrected chi connectivity index (χ1v) is 11.4. The second-order valence-corrected chi connectivity index (χ2v) is 10.3. The molecule has 11 heteroatoms. The summed E-state index contributed by atoms with van der Waals surface area (Å²) in [5.74, 6) is -0.915. The average molecular weight is 551 g/mol. The fourth-order valence-electron chi connectivity index (χ4n) is 3.42. The highest BCUT2D eigenvalue weighted by molar-refractivity contribution is 6.48. The van der Waals surface area contributed by atoms with Crippen LogP contribution < -0.4 is 0 Å². The van der Waals surface area contributed by atoms with Gasteiger partial charge in [0, 0.05) is 5.56 Å². The number of amides is 1. The van der Waals surface area contributed by atoms with Crippen LogP contribution in [0.25, 0.3) is 5.57 Å². The standard InChI is InChI=1S/C24H21Cl3F3NO4/c1-22(2,3)35-21(33)31-11-23(34,12-31)15-6-4-13(5-7-15)19(32)10-16(24(28,29)30)14-8-17(25)20(27)18(26)9-14/h4-10,34H,11-12H2,1-3H3. The van der Waals surface area contributed by atoms with Crippen LogP contribution in [0.5, 0.6) is 0 Å². The molecule has 0 spiro atoms. The number of allylic oxidation sites excluding steroid dienone is 2. The second kappa shape index (κ2) is 9.65. The number of benzene rings is 2. The number of carbonyl (C=O) groups excluding carboxylic acids is 2. The zero-order chi connectivity index (χ0) is 26.3. The van der Waals surface area contributed by atoms with Crippen molar-refractivity contribution in [1.29, 1.82) is 0 Å². The molecule has 0 aromatic heterocycles. The minimum absolute atomic E-state index is 0.0224. The molecular formula is C24H21Cl3F3NO4. The van der Waals surface area contributed by atoms with Crippen molar-refractivity contribution in [2.75, 3.05) is 13.1 Å². The Labute approximate surface area is 215 Å².